The van der Waals surface area contributed by atoms with Crippen molar-refractivity contribution >= 4 is 19.7 Å². The van der Waals surface area contributed by atoms with Gasteiger partial charge in [0.1, 0.15) is 0 Å². The van der Waals surface area contributed by atoms with Crippen molar-refractivity contribution < 1.29 is 53.2 Å². The van der Waals surface area contributed by atoms with Gasteiger partial charge in [-0.3, -0.25) is 0 Å². The zero-order chi connectivity index (χ0) is 27.1. The first-order valence-corrected chi connectivity index (χ1v) is 14.7. The van der Waals surface area contributed by atoms with E-state index in [0.717, 1.165) is 38.1 Å². The van der Waals surface area contributed by atoms with Crippen LogP contribution in [0.1, 0.15) is 40.5 Å². The third kappa shape index (κ3) is 4.53. The van der Waals surface area contributed by atoms with E-state index in [1.165, 1.54) is 0 Å². The summed E-state index contributed by atoms with van der Waals surface area (Å²) in [5, 5.41) is 0. The van der Waals surface area contributed by atoms with Gasteiger partial charge in [-0.25, -0.2) is 0 Å². The van der Waals surface area contributed by atoms with Crippen LogP contribution < -0.4 is 17.2 Å². The molecular weight excluding hydrogens is 524 g/mol. The van der Waals surface area contributed by atoms with Crippen LogP contribution in [0.25, 0.3) is 0 Å². The number of benzene rings is 2. The fourth-order valence-corrected chi connectivity index (χ4v) is 14.3. The van der Waals surface area contributed by atoms with Crippen LogP contribution in [0.4, 0.5) is 17.6 Å². The minimum atomic E-state index is -5.19. The summed E-state index contributed by atoms with van der Waals surface area (Å²) >= 11 is -5.19. The molecule has 0 fully saturated rings. The molecule has 9 heteroatoms. The molecule has 0 heterocycles. The summed E-state index contributed by atoms with van der Waals surface area (Å²) in [6, 6.07) is 3.84. The van der Waals surface area contributed by atoms with Crippen molar-refractivity contribution in [2.45, 2.75) is 40.5 Å². The molecule has 0 saturated carbocycles. The molecule has 4 rings (SSSR count). The molecular formula is C28H24F4O4Ti. The Morgan fingerprint density at radius 1 is 0.703 bits per heavy atom. The third-order valence-electron chi connectivity index (χ3n) is 6.61. The minimum absolute atomic E-state index is 0.218. The maximum atomic E-state index is 16.3. The molecule has 0 N–H and O–H groups in total. The first-order valence-electron chi connectivity index (χ1n) is 11.6. The predicted molar refractivity (Wildman–Crippen MR) is 128 cm³/mol. The van der Waals surface area contributed by atoms with Gasteiger partial charge in [0.2, 0.25) is 0 Å². The molecule has 4 nitrogen and oxygen atoms in total. The summed E-state index contributed by atoms with van der Waals surface area (Å²) < 4.78 is 74.6. The fraction of sp³-hybridized carbons (Fsp3) is 0.214. The van der Waals surface area contributed by atoms with Gasteiger partial charge in [-0.05, 0) is 0 Å². The monoisotopic (exact) mass is 548 g/mol. The van der Waals surface area contributed by atoms with E-state index in [1.54, 1.807) is 38.2 Å². The molecule has 0 aromatic heterocycles. The molecule has 37 heavy (non-hydrogen) atoms. The summed E-state index contributed by atoms with van der Waals surface area (Å²) in [6.45, 7) is 5.60. The number of carbonyl (C=O) groups is 2. The molecule has 0 atom stereocenters. The molecule has 0 unspecified atom stereocenters. The topological polar surface area (TPSA) is 52.6 Å². The SMILES string of the molecule is CC(=O)Oc1ccc(F)[c]([Ti]([C]2=C(C)C=CC2)([C]2=C(C)C=CC2)[c]2c(F)ccc(OC(C)=O)c2F)c1F. The van der Waals surface area contributed by atoms with Crippen LogP contribution in [-0.2, 0) is 26.2 Å². The van der Waals surface area contributed by atoms with Crippen LogP contribution in [0, 0.1) is 23.3 Å². The van der Waals surface area contributed by atoms with Crippen molar-refractivity contribution in [1.82, 2.24) is 0 Å². The Morgan fingerprint density at radius 2 is 1.08 bits per heavy atom. The average molecular weight is 548 g/mol. The molecule has 0 spiro atoms. The van der Waals surface area contributed by atoms with Gasteiger partial charge in [0.25, 0.3) is 0 Å². The summed E-state index contributed by atoms with van der Waals surface area (Å²) in [7, 11) is 0. The van der Waals surface area contributed by atoms with Crippen molar-refractivity contribution in [2.24, 2.45) is 0 Å². The van der Waals surface area contributed by atoms with E-state index >= 15 is 17.6 Å². The maximum absolute atomic E-state index is 16.3. The van der Waals surface area contributed by atoms with E-state index in [1.807, 2.05) is 0 Å². The normalized spacial score (nSPS) is 15.1. The summed E-state index contributed by atoms with van der Waals surface area (Å²) in [4.78, 5) is 23.4. The van der Waals surface area contributed by atoms with Gasteiger partial charge < -0.3 is 0 Å². The second kappa shape index (κ2) is 10.3. The molecule has 0 bridgehead atoms. The van der Waals surface area contributed by atoms with E-state index in [-0.39, 0.29) is 12.8 Å². The number of hydrogen-bond acceptors (Lipinski definition) is 4. The van der Waals surface area contributed by atoms with Crippen LogP contribution in [0.15, 0.2) is 67.5 Å². The molecule has 0 radical (unpaired) electrons. The van der Waals surface area contributed by atoms with E-state index in [9.17, 15) is 9.59 Å². The molecule has 2 aromatic carbocycles. The summed E-state index contributed by atoms with van der Waals surface area (Å²) in [5.74, 6) is -7.14. The number of ether oxygens (including phenoxy) is 2. The van der Waals surface area contributed by atoms with Gasteiger partial charge in [0.05, 0.1) is 0 Å². The molecule has 0 saturated heterocycles. The van der Waals surface area contributed by atoms with Crippen molar-refractivity contribution in [1.29, 1.82) is 0 Å². The molecule has 192 valence electrons. The van der Waals surface area contributed by atoms with Crippen LogP contribution in [0.3, 0.4) is 0 Å². The van der Waals surface area contributed by atoms with Gasteiger partial charge in [-0.2, -0.15) is 0 Å². The number of esters is 2. The van der Waals surface area contributed by atoms with Crippen molar-refractivity contribution in [3.05, 3.63) is 90.7 Å². The van der Waals surface area contributed by atoms with E-state index in [2.05, 4.69) is 0 Å². The Kier molecular flexibility index (Phi) is 7.44. The van der Waals surface area contributed by atoms with Crippen LogP contribution in [-0.4, -0.2) is 11.9 Å². The Morgan fingerprint density at radius 3 is 1.38 bits per heavy atom. The van der Waals surface area contributed by atoms with E-state index in [4.69, 9.17) is 9.47 Å². The Labute approximate surface area is 215 Å². The molecule has 0 aliphatic heterocycles. The van der Waals surface area contributed by atoms with Gasteiger partial charge in [-0.1, -0.05) is 0 Å². The summed E-state index contributed by atoms with van der Waals surface area (Å²) in [6.07, 6.45) is 7.50. The second-order valence-corrected chi connectivity index (χ2v) is 14.7. The number of allylic oxidation sites excluding steroid dienone is 8. The Hall–Kier alpha value is -3.23. The zero-order valence-electron chi connectivity index (χ0n) is 20.7. The first-order chi connectivity index (χ1) is 17.5. The van der Waals surface area contributed by atoms with Gasteiger partial charge in [0, 0.05) is 0 Å². The molecule has 2 aromatic rings. The standard InChI is InChI=1S/2C8H5F2O2.2C6H7.Ti/c2*1-5(11)12-8-3-2-6(9)4-7(8)10;2*1-6-4-2-3-5-6;/h2*2-3H,1H3;2*2,4H,3H2,1H3;. The number of halogens is 4. The van der Waals surface area contributed by atoms with Crippen molar-refractivity contribution in [3.8, 4) is 11.5 Å². The average Bonchev–Trinajstić information content (AvgIpc) is 3.44. The zero-order valence-corrected chi connectivity index (χ0v) is 22.2. The second-order valence-electron chi connectivity index (χ2n) is 8.94. The van der Waals surface area contributed by atoms with Crippen LogP contribution in [0.2, 0.25) is 0 Å². The predicted octanol–water partition coefficient (Wildman–Crippen LogP) is 5.67. The quantitative estimate of drug-likeness (QED) is 0.202. The molecule has 2 aliphatic rings. The van der Waals surface area contributed by atoms with E-state index in [0.29, 0.717) is 18.9 Å². The van der Waals surface area contributed by atoms with Gasteiger partial charge >= 0.3 is 216 Å². The number of carbonyl (C=O) groups excluding carboxylic acids is 2. The Bertz CT molecular complexity index is 1340. The third-order valence-corrected chi connectivity index (χ3v) is 15.1. The Balaban J connectivity index is 2.25. The number of rotatable bonds is 6. The first kappa shape index (κ1) is 26.8. The van der Waals surface area contributed by atoms with Crippen molar-refractivity contribution in [2.75, 3.05) is 0 Å². The summed E-state index contributed by atoms with van der Waals surface area (Å²) in [5.41, 5.74) is 1.28. The molecule has 2 aliphatic carbocycles. The van der Waals surface area contributed by atoms with Gasteiger partial charge in [0.15, 0.2) is 0 Å². The number of hydrogen-bond donors (Lipinski definition) is 0. The fourth-order valence-electron chi connectivity index (χ4n) is 5.26. The van der Waals surface area contributed by atoms with Crippen LogP contribution in [0.5, 0.6) is 11.5 Å². The van der Waals surface area contributed by atoms with Gasteiger partial charge in [-0.15, -0.1) is 0 Å². The van der Waals surface area contributed by atoms with Crippen molar-refractivity contribution in [3.63, 3.8) is 0 Å². The van der Waals surface area contributed by atoms with Crippen LogP contribution >= 0.6 is 0 Å². The molecule has 0 amide bonds. The van der Waals surface area contributed by atoms with E-state index < -0.39 is 71.0 Å².